The molecule has 0 N–H and O–H groups in total. The van der Waals surface area contributed by atoms with E-state index in [-0.39, 0.29) is 16.9 Å². The molecule has 0 unspecified atom stereocenters. The summed E-state index contributed by atoms with van der Waals surface area (Å²) in [6, 6.07) is 19.4. The standard InChI is InChI=1S/C32H45O5PSi/c1-24-17-19-25(20-18-24)31(33)37-30-28(23-36-39(5,6)32(2,3)4)35-22-21-29(30)38(34,26-13-9-7-10-14-26)27-15-11-8-12-16-27/h7-17,25,28-30H,18-23H2,1-6H3/t25-,28+,29+,30+/m0/s1. The second-order valence-electron chi connectivity index (χ2n) is 12.6. The SMILES string of the molecule is CC1=CC[C@H](C(=O)O[C@H]2[C@H](P(=O)(c3ccccc3)c3ccccc3)CCO[C@@H]2CO[Si](C)(C)C(C)(C)C)CC1. The Labute approximate surface area is 235 Å². The van der Waals surface area contributed by atoms with Gasteiger partial charge < -0.3 is 18.5 Å². The lowest BCUT2D eigenvalue weighted by Crippen LogP contribution is -2.53. The van der Waals surface area contributed by atoms with E-state index in [4.69, 9.17) is 13.9 Å². The highest BCUT2D eigenvalue weighted by molar-refractivity contribution is 7.79. The highest BCUT2D eigenvalue weighted by Crippen LogP contribution is 2.54. The van der Waals surface area contributed by atoms with Gasteiger partial charge in [0.05, 0.1) is 18.2 Å². The fourth-order valence-corrected chi connectivity index (χ4v) is 9.72. The molecule has 2 aromatic carbocycles. The van der Waals surface area contributed by atoms with Crippen LogP contribution in [0.25, 0.3) is 0 Å². The number of hydrogen-bond donors (Lipinski definition) is 0. The van der Waals surface area contributed by atoms with Crippen molar-refractivity contribution in [2.75, 3.05) is 13.2 Å². The number of allylic oxidation sites excluding steroid dienone is 2. The van der Waals surface area contributed by atoms with Crippen molar-refractivity contribution in [3.05, 3.63) is 72.3 Å². The lowest BCUT2D eigenvalue weighted by atomic mass is 9.90. The third-order valence-electron chi connectivity index (χ3n) is 8.88. The molecule has 5 nitrogen and oxygen atoms in total. The molecule has 0 saturated carbocycles. The van der Waals surface area contributed by atoms with E-state index < -0.39 is 33.3 Å². The highest BCUT2D eigenvalue weighted by atomic mass is 31.2. The van der Waals surface area contributed by atoms with Gasteiger partial charge in [-0.15, -0.1) is 0 Å². The summed E-state index contributed by atoms with van der Waals surface area (Å²) in [6.45, 7) is 13.9. The van der Waals surface area contributed by atoms with E-state index >= 15 is 4.57 Å². The van der Waals surface area contributed by atoms with Crippen LogP contribution in [0.5, 0.6) is 0 Å². The molecule has 0 aromatic heterocycles. The summed E-state index contributed by atoms with van der Waals surface area (Å²) in [7, 11) is -5.30. The molecule has 4 rings (SSSR count). The van der Waals surface area contributed by atoms with Crippen molar-refractivity contribution < 1.29 is 23.3 Å². The molecule has 7 heteroatoms. The van der Waals surface area contributed by atoms with Gasteiger partial charge >= 0.3 is 5.97 Å². The Morgan fingerprint density at radius 3 is 2.10 bits per heavy atom. The summed E-state index contributed by atoms with van der Waals surface area (Å²) in [5, 5.41) is 1.59. The maximum Gasteiger partial charge on any atom is 0.309 e. The van der Waals surface area contributed by atoms with Crippen LogP contribution in [0.2, 0.25) is 18.1 Å². The fourth-order valence-electron chi connectivity index (χ4n) is 5.28. The first kappa shape index (κ1) is 30.0. The average Bonchev–Trinajstić information content (AvgIpc) is 2.92. The van der Waals surface area contributed by atoms with E-state index in [1.165, 1.54) is 5.57 Å². The van der Waals surface area contributed by atoms with Crippen LogP contribution in [0.1, 0.15) is 53.4 Å². The minimum absolute atomic E-state index is 0.0307. The maximum atomic E-state index is 15.4. The third kappa shape index (κ3) is 6.68. The van der Waals surface area contributed by atoms with Gasteiger partial charge in [0, 0.05) is 17.2 Å². The van der Waals surface area contributed by atoms with Gasteiger partial charge in [-0.25, -0.2) is 0 Å². The summed E-state index contributed by atoms with van der Waals surface area (Å²) < 4.78 is 34.7. The molecule has 1 heterocycles. The molecule has 0 spiro atoms. The lowest BCUT2D eigenvalue weighted by Gasteiger charge is -2.43. The summed E-state index contributed by atoms with van der Waals surface area (Å²) in [6.07, 6.45) is 3.88. The van der Waals surface area contributed by atoms with Crippen LogP contribution in [0.15, 0.2) is 72.3 Å². The quantitative estimate of drug-likeness (QED) is 0.151. The van der Waals surface area contributed by atoms with E-state index in [0.717, 1.165) is 23.5 Å². The molecule has 1 aliphatic heterocycles. The normalized spacial score (nSPS) is 24.6. The Kier molecular flexibility index (Phi) is 9.43. The van der Waals surface area contributed by atoms with Crippen molar-refractivity contribution in [2.45, 2.75) is 89.4 Å². The minimum atomic E-state index is -3.21. The molecular formula is C32H45O5PSi. The zero-order chi connectivity index (χ0) is 28.3. The molecule has 39 heavy (non-hydrogen) atoms. The van der Waals surface area contributed by atoms with Gasteiger partial charge in [0.15, 0.2) is 8.32 Å². The van der Waals surface area contributed by atoms with E-state index in [2.05, 4.69) is 46.9 Å². The highest BCUT2D eigenvalue weighted by Gasteiger charge is 2.50. The first-order chi connectivity index (χ1) is 18.4. The monoisotopic (exact) mass is 568 g/mol. The number of esters is 1. The summed E-state index contributed by atoms with van der Waals surface area (Å²) >= 11 is 0. The van der Waals surface area contributed by atoms with Crippen LogP contribution in [-0.2, 0) is 23.3 Å². The predicted octanol–water partition coefficient (Wildman–Crippen LogP) is 6.84. The number of carbonyl (C=O) groups is 1. The van der Waals surface area contributed by atoms with Gasteiger partial charge in [-0.1, -0.05) is 93.1 Å². The summed E-state index contributed by atoms with van der Waals surface area (Å²) in [4.78, 5) is 13.6. The van der Waals surface area contributed by atoms with Gasteiger partial charge in [0.1, 0.15) is 19.3 Å². The van der Waals surface area contributed by atoms with Gasteiger partial charge in [0.25, 0.3) is 0 Å². The van der Waals surface area contributed by atoms with Crippen LogP contribution >= 0.6 is 7.14 Å². The van der Waals surface area contributed by atoms with Crippen LogP contribution in [0.3, 0.4) is 0 Å². The van der Waals surface area contributed by atoms with Gasteiger partial charge in [0.2, 0.25) is 0 Å². The molecule has 0 amide bonds. The van der Waals surface area contributed by atoms with Crippen molar-refractivity contribution in [3.63, 3.8) is 0 Å². The van der Waals surface area contributed by atoms with Crippen LogP contribution < -0.4 is 10.6 Å². The molecule has 1 aliphatic carbocycles. The van der Waals surface area contributed by atoms with E-state index in [0.29, 0.717) is 26.1 Å². The molecular weight excluding hydrogens is 523 g/mol. The van der Waals surface area contributed by atoms with E-state index in [9.17, 15) is 4.79 Å². The molecule has 0 radical (unpaired) electrons. The predicted molar refractivity (Wildman–Crippen MR) is 162 cm³/mol. The largest absolute Gasteiger partial charge is 0.458 e. The Bertz CT molecular complexity index is 1140. The Hall–Kier alpha value is -1.98. The van der Waals surface area contributed by atoms with Crippen LogP contribution in [0, 0.1) is 5.92 Å². The van der Waals surface area contributed by atoms with Crippen molar-refractivity contribution in [1.29, 1.82) is 0 Å². The van der Waals surface area contributed by atoms with Crippen molar-refractivity contribution in [1.82, 2.24) is 0 Å². The van der Waals surface area contributed by atoms with Gasteiger partial charge in [-0.2, -0.15) is 0 Å². The summed E-state index contributed by atoms with van der Waals surface area (Å²) in [5.74, 6) is -0.407. The molecule has 212 valence electrons. The van der Waals surface area contributed by atoms with Gasteiger partial charge in [-0.05, 0) is 50.7 Å². The zero-order valence-corrected chi connectivity index (χ0v) is 26.3. The molecule has 1 fully saturated rings. The van der Waals surface area contributed by atoms with Crippen molar-refractivity contribution in [2.24, 2.45) is 5.92 Å². The lowest BCUT2D eigenvalue weighted by molar-refractivity contribution is -0.170. The van der Waals surface area contributed by atoms with Crippen LogP contribution in [-0.4, -0.2) is 45.4 Å². The second kappa shape index (κ2) is 12.3. The van der Waals surface area contributed by atoms with Gasteiger partial charge in [-0.3, -0.25) is 4.79 Å². The first-order valence-corrected chi connectivity index (χ1v) is 18.9. The van der Waals surface area contributed by atoms with E-state index in [1.807, 2.05) is 60.7 Å². The number of ether oxygens (including phenoxy) is 2. The zero-order valence-electron chi connectivity index (χ0n) is 24.4. The second-order valence-corrected chi connectivity index (χ2v) is 20.4. The average molecular weight is 569 g/mol. The number of rotatable bonds is 8. The maximum absolute atomic E-state index is 15.4. The first-order valence-electron chi connectivity index (χ1n) is 14.3. The fraction of sp³-hybridized carbons (Fsp3) is 0.531. The number of carbonyl (C=O) groups excluding carboxylic acids is 1. The molecule has 2 aromatic rings. The molecule has 2 aliphatic rings. The van der Waals surface area contributed by atoms with E-state index in [1.54, 1.807) is 0 Å². The molecule has 0 bridgehead atoms. The number of benzene rings is 2. The smallest absolute Gasteiger partial charge is 0.309 e. The third-order valence-corrected chi connectivity index (χ3v) is 17.0. The summed E-state index contributed by atoms with van der Waals surface area (Å²) in [5.41, 5.74) is 0.908. The minimum Gasteiger partial charge on any atom is -0.458 e. The Morgan fingerprint density at radius 2 is 1.59 bits per heavy atom. The Morgan fingerprint density at radius 1 is 1.00 bits per heavy atom. The topological polar surface area (TPSA) is 61.8 Å². The Balaban J connectivity index is 1.73. The van der Waals surface area contributed by atoms with Crippen LogP contribution in [0.4, 0.5) is 0 Å². The number of hydrogen-bond acceptors (Lipinski definition) is 5. The molecule has 4 atom stereocenters. The van der Waals surface area contributed by atoms with Crippen molar-refractivity contribution in [3.8, 4) is 0 Å². The van der Waals surface area contributed by atoms with Crippen molar-refractivity contribution >= 4 is 32.0 Å². The molecule has 1 saturated heterocycles.